The summed E-state index contributed by atoms with van der Waals surface area (Å²) >= 11 is 0. The monoisotopic (exact) mass is 843 g/mol. The molecule has 7 rings (SSSR count). The van der Waals surface area contributed by atoms with Crippen LogP contribution in [-0.2, 0) is 0 Å². The Morgan fingerprint density at radius 3 is 0.600 bits per heavy atom. The van der Waals surface area contributed by atoms with Gasteiger partial charge in [0.15, 0.2) is 0 Å². The lowest BCUT2D eigenvalue weighted by atomic mass is 10.2. The second kappa shape index (κ2) is 19.1. The Morgan fingerprint density at radius 1 is 0.267 bits per heavy atom. The molecule has 0 unspecified atom stereocenters. The smallest absolute Gasteiger partial charge is 0.336 e. The van der Waals surface area contributed by atoms with Crippen molar-refractivity contribution in [3.8, 4) is 70.9 Å². The van der Waals surface area contributed by atoms with E-state index in [4.69, 9.17) is 28.1 Å². The van der Waals surface area contributed by atoms with Crippen LogP contribution in [0.2, 0.25) is 0 Å². The van der Waals surface area contributed by atoms with Gasteiger partial charge in [-0.3, -0.25) is 0 Å². The fourth-order valence-corrected chi connectivity index (χ4v) is 11.8. The maximum absolute atomic E-state index is 9.55. The number of hydrogen-bond acceptors (Lipinski definition) is 15. The molecular weight excluding hydrogens is 819 g/mol. The van der Waals surface area contributed by atoms with E-state index in [1.54, 1.807) is 146 Å². The molecule has 1 fully saturated rings. The van der Waals surface area contributed by atoms with E-state index in [-0.39, 0.29) is 17.2 Å². The van der Waals surface area contributed by atoms with E-state index in [0.29, 0.717) is 50.6 Å². The first kappa shape index (κ1) is 40.4. The number of hydrogen-bond donors (Lipinski definition) is 0. The predicted octanol–water partition coefficient (Wildman–Crippen LogP) is 10.0. The van der Waals surface area contributed by atoms with E-state index in [1.165, 1.54) is 13.8 Å². The molecule has 18 heteroatoms. The molecule has 0 aromatic heterocycles. The summed E-state index contributed by atoms with van der Waals surface area (Å²) in [7, 11) is -7.23. The molecule has 0 aliphatic carbocycles. The zero-order chi connectivity index (χ0) is 41.8. The Morgan fingerprint density at radius 2 is 0.433 bits per heavy atom. The lowest BCUT2D eigenvalue weighted by Crippen LogP contribution is -2.44. The number of nitrogens with zero attached hydrogens (tertiary/aromatic N) is 9. The SMILES string of the molecule is N#Cc1ccc(ON2P(Oc3ccc(C#N)cc3)N(Oc3ccc(C#N)cc3)P(Oc3ccc(C#N)cc3)N(Oc3ccc(C#N)cc3)P2Oc2ccc(C#N)cc2)cc1. The first-order valence-corrected chi connectivity index (χ1v) is 20.8. The van der Waals surface area contributed by atoms with Crippen LogP contribution in [0.15, 0.2) is 146 Å². The Labute approximate surface area is 347 Å². The van der Waals surface area contributed by atoms with Gasteiger partial charge in [-0.05, 0) is 146 Å². The largest absolute Gasteiger partial charge is 0.440 e. The third-order valence-electron chi connectivity index (χ3n) is 7.90. The predicted molar refractivity (Wildman–Crippen MR) is 217 cm³/mol. The lowest BCUT2D eigenvalue weighted by Gasteiger charge is -2.47. The molecule has 15 nitrogen and oxygen atoms in total. The van der Waals surface area contributed by atoms with Crippen molar-refractivity contribution < 1.29 is 28.1 Å². The molecule has 0 bridgehead atoms. The first-order valence-electron chi connectivity index (χ1n) is 17.3. The summed E-state index contributed by atoms with van der Waals surface area (Å²) in [5.41, 5.74) is 2.29. The number of benzene rings is 6. The van der Waals surface area contributed by atoms with Crippen LogP contribution < -0.4 is 28.1 Å². The van der Waals surface area contributed by atoms with Gasteiger partial charge in [0.1, 0.15) is 34.5 Å². The molecule has 0 spiro atoms. The summed E-state index contributed by atoms with van der Waals surface area (Å²) in [4.78, 5) is 20.0. The second-order valence-electron chi connectivity index (χ2n) is 11.9. The van der Waals surface area contributed by atoms with Crippen molar-refractivity contribution in [1.82, 2.24) is 13.8 Å². The molecular formula is C42H24N9O6P3. The van der Waals surface area contributed by atoms with Gasteiger partial charge in [-0.2, -0.15) is 31.6 Å². The van der Waals surface area contributed by atoms with Gasteiger partial charge in [0, 0.05) is 13.8 Å². The topological polar surface area (TPSA) is 208 Å². The molecule has 0 saturated carbocycles. The van der Waals surface area contributed by atoms with Gasteiger partial charge in [-0.1, -0.05) is 0 Å². The highest BCUT2D eigenvalue weighted by Gasteiger charge is 2.60. The third-order valence-corrected chi connectivity index (χ3v) is 14.0. The van der Waals surface area contributed by atoms with Gasteiger partial charge in [0.25, 0.3) is 0 Å². The van der Waals surface area contributed by atoms with Crippen molar-refractivity contribution in [3.05, 3.63) is 179 Å². The molecule has 0 N–H and O–H groups in total. The Kier molecular flexibility index (Phi) is 12.9. The fraction of sp³-hybridized carbons (Fsp3) is 0. The highest BCUT2D eigenvalue weighted by molar-refractivity contribution is 7.78. The zero-order valence-electron chi connectivity index (χ0n) is 30.7. The minimum Gasteiger partial charge on any atom is -0.440 e. The summed E-state index contributed by atoms with van der Waals surface area (Å²) < 4.78 is 24.5. The average molecular weight is 844 g/mol. The molecule has 0 radical (unpaired) electrons. The van der Waals surface area contributed by atoms with Crippen molar-refractivity contribution in [1.29, 1.82) is 31.6 Å². The van der Waals surface area contributed by atoms with Crippen LogP contribution >= 0.6 is 25.3 Å². The highest BCUT2D eigenvalue weighted by Crippen LogP contribution is 2.76. The van der Waals surface area contributed by atoms with Gasteiger partial charge in [0.05, 0.1) is 69.8 Å². The number of nitriles is 6. The van der Waals surface area contributed by atoms with Crippen LogP contribution in [0.5, 0.6) is 34.5 Å². The minimum atomic E-state index is -2.41. The summed E-state index contributed by atoms with van der Waals surface area (Å²) in [6.45, 7) is 0. The summed E-state index contributed by atoms with van der Waals surface area (Å²) in [6.07, 6.45) is 0. The van der Waals surface area contributed by atoms with Gasteiger partial charge < -0.3 is 28.1 Å². The molecule has 288 valence electrons. The van der Waals surface area contributed by atoms with E-state index in [9.17, 15) is 31.6 Å². The van der Waals surface area contributed by atoms with Gasteiger partial charge in [-0.25, -0.2) is 0 Å². The standard InChI is InChI=1S/C42H24N9O6P3/c43-25-31-1-13-37(14-2-31)52-49-58(55-40-19-7-34(28-46)8-20-40)50(53-38-15-3-32(26-44)4-16-38)60(57-42-23-11-36(30-48)12-24-42)51(54-39-17-5-33(27-45)6-18-39)59(49)56-41-21-9-35(29-47)10-22-41/h1-24H. The molecule has 0 atom stereocenters. The van der Waals surface area contributed by atoms with Crippen LogP contribution in [-0.4, -0.2) is 13.8 Å². The summed E-state index contributed by atoms with van der Waals surface area (Å²) in [5, 5.41) is 57.3. The summed E-state index contributed by atoms with van der Waals surface area (Å²) in [6, 6.07) is 50.7. The van der Waals surface area contributed by atoms with E-state index >= 15 is 0 Å². The van der Waals surface area contributed by atoms with Crippen LogP contribution in [0, 0.1) is 68.0 Å². The maximum atomic E-state index is 9.55. The summed E-state index contributed by atoms with van der Waals surface area (Å²) in [5.74, 6) is 1.67. The van der Waals surface area contributed by atoms with Crippen LogP contribution in [0.25, 0.3) is 0 Å². The molecule has 1 heterocycles. The molecule has 0 amide bonds. The zero-order valence-corrected chi connectivity index (χ0v) is 33.4. The normalized spacial score (nSPS) is 16.2. The van der Waals surface area contributed by atoms with Gasteiger partial charge in [-0.15, -0.1) is 0 Å². The Hall–Kier alpha value is -7.77. The van der Waals surface area contributed by atoms with E-state index in [0.717, 1.165) is 0 Å². The Balaban J connectivity index is 1.45. The van der Waals surface area contributed by atoms with Gasteiger partial charge >= 0.3 is 25.3 Å². The molecule has 1 saturated heterocycles. The molecule has 1 aliphatic rings. The first-order chi connectivity index (χ1) is 29.4. The second-order valence-corrected chi connectivity index (χ2v) is 17.1. The van der Waals surface area contributed by atoms with Crippen LogP contribution in [0.4, 0.5) is 0 Å². The van der Waals surface area contributed by atoms with Crippen molar-refractivity contribution >= 4 is 25.3 Å². The molecule has 6 aromatic carbocycles. The molecule has 60 heavy (non-hydrogen) atoms. The Bertz CT molecular complexity index is 2200. The van der Waals surface area contributed by atoms with Crippen LogP contribution in [0.1, 0.15) is 33.4 Å². The average Bonchev–Trinajstić information content (AvgIpc) is 3.31. The van der Waals surface area contributed by atoms with Crippen LogP contribution in [0.3, 0.4) is 0 Å². The van der Waals surface area contributed by atoms with Crippen molar-refractivity contribution in [2.45, 2.75) is 0 Å². The molecule has 1 aliphatic heterocycles. The van der Waals surface area contributed by atoms with Gasteiger partial charge in [0.2, 0.25) is 0 Å². The van der Waals surface area contributed by atoms with E-state index in [2.05, 4.69) is 36.4 Å². The maximum Gasteiger partial charge on any atom is 0.336 e. The van der Waals surface area contributed by atoms with Crippen molar-refractivity contribution in [2.75, 3.05) is 0 Å². The van der Waals surface area contributed by atoms with Crippen molar-refractivity contribution in [3.63, 3.8) is 0 Å². The van der Waals surface area contributed by atoms with E-state index in [1.807, 2.05) is 0 Å². The molecule has 6 aromatic rings. The number of rotatable bonds is 12. The lowest BCUT2D eigenvalue weighted by molar-refractivity contribution is 0.0103. The minimum absolute atomic E-state index is 0.261. The fourth-order valence-electron chi connectivity index (χ4n) is 4.92. The quantitative estimate of drug-likeness (QED) is 0.105. The van der Waals surface area contributed by atoms with E-state index < -0.39 is 25.3 Å². The van der Waals surface area contributed by atoms with Crippen molar-refractivity contribution in [2.24, 2.45) is 0 Å². The third kappa shape index (κ3) is 9.67. The highest BCUT2D eigenvalue weighted by atomic mass is 31.3.